The largest absolute Gasteiger partial charge is 0.460 e. The third kappa shape index (κ3) is 2.36. The van der Waals surface area contributed by atoms with Crippen LogP contribution in [0.2, 0.25) is 12.6 Å². The molecule has 2 N–H and O–H groups in total. The summed E-state index contributed by atoms with van der Waals surface area (Å²) in [4.78, 5) is 13.8. The predicted molar refractivity (Wildman–Crippen MR) is 82.7 cm³/mol. The molecule has 0 aliphatic carbocycles. The molecule has 0 saturated carbocycles. The van der Waals surface area contributed by atoms with Crippen LogP contribution in [0.1, 0.15) is 16.1 Å². The van der Waals surface area contributed by atoms with Crippen molar-refractivity contribution in [1.29, 1.82) is 5.26 Å². The molecule has 0 unspecified atom stereocenters. The molecule has 1 aliphatic rings. The van der Waals surface area contributed by atoms with Crippen LogP contribution in [0.3, 0.4) is 0 Å². The Morgan fingerprint density at radius 2 is 2.14 bits per heavy atom. The fourth-order valence-electron chi connectivity index (χ4n) is 2.95. The van der Waals surface area contributed by atoms with Crippen molar-refractivity contribution in [3.8, 4) is 5.97 Å². The van der Waals surface area contributed by atoms with Gasteiger partial charge in [0, 0.05) is 30.1 Å². The molecule has 0 radical (unpaired) electrons. The number of primary amides is 1. The monoisotopic (exact) mass is 281 g/mol. The molecule has 106 valence electrons. The maximum atomic E-state index is 11.5. The fourth-order valence-corrected chi connectivity index (χ4v) is 2.95. The molecule has 2 aromatic rings. The highest BCUT2D eigenvalue weighted by Crippen LogP contribution is 2.33. The molecular weight excluding hydrogens is 265 g/mol. The molecule has 1 fully saturated rings. The number of rotatable bonds is 2. The van der Waals surface area contributed by atoms with Gasteiger partial charge < -0.3 is 15.1 Å². The molecule has 1 aliphatic heterocycles. The van der Waals surface area contributed by atoms with E-state index in [0.717, 1.165) is 42.6 Å². The Balaban J connectivity index is 2.03. The maximum Gasteiger partial charge on any atom is 0.271 e. The SMILES string of the molecule is Cc1cc2c(N3CCB(C#N)CC3)ccc(C(N)=O)c2o1. The van der Waals surface area contributed by atoms with E-state index in [1.165, 1.54) is 0 Å². The number of amides is 1. The normalized spacial score (nSPS) is 15.2. The highest BCUT2D eigenvalue weighted by atomic mass is 16.3. The van der Waals surface area contributed by atoms with Gasteiger partial charge in [-0.05, 0) is 37.8 Å². The maximum absolute atomic E-state index is 11.5. The lowest BCUT2D eigenvalue weighted by molar-refractivity contribution is 0.100. The molecule has 3 rings (SSSR count). The van der Waals surface area contributed by atoms with Gasteiger partial charge in [-0.2, -0.15) is 0 Å². The summed E-state index contributed by atoms with van der Waals surface area (Å²) in [5, 5.41) is 9.90. The number of nitrogens with zero attached hydrogens (tertiary/aromatic N) is 2. The summed E-state index contributed by atoms with van der Waals surface area (Å²) in [5.41, 5.74) is 7.42. The zero-order valence-corrected chi connectivity index (χ0v) is 11.9. The van der Waals surface area contributed by atoms with Gasteiger partial charge in [0.1, 0.15) is 11.3 Å². The number of furan rings is 1. The van der Waals surface area contributed by atoms with Gasteiger partial charge in [-0.1, -0.05) is 0 Å². The average molecular weight is 281 g/mol. The van der Waals surface area contributed by atoms with E-state index in [1.807, 2.05) is 19.1 Å². The first-order chi connectivity index (χ1) is 10.1. The molecule has 1 amide bonds. The Hall–Kier alpha value is -2.42. The van der Waals surface area contributed by atoms with Gasteiger partial charge in [0.15, 0.2) is 0 Å². The van der Waals surface area contributed by atoms with Crippen LogP contribution < -0.4 is 10.6 Å². The van der Waals surface area contributed by atoms with Gasteiger partial charge in [0.25, 0.3) is 12.6 Å². The topological polar surface area (TPSA) is 83.3 Å². The summed E-state index contributed by atoms with van der Waals surface area (Å²) >= 11 is 0. The first-order valence-electron chi connectivity index (χ1n) is 7.07. The second-order valence-corrected chi connectivity index (χ2v) is 5.49. The Bertz CT molecular complexity index is 739. The van der Waals surface area contributed by atoms with Crippen molar-refractivity contribution >= 4 is 29.3 Å². The lowest BCUT2D eigenvalue weighted by Crippen LogP contribution is -2.36. The first kappa shape index (κ1) is 13.6. The van der Waals surface area contributed by atoms with E-state index in [9.17, 15) is 4.79 Å². The van der Waals surface area contributed by atoms with Gasteiger partial charge in [-0.25, -0.2) is 5.26 Å². The lowest BCUT2D eigenvalue weighted by atomic mass is 9.45. The molecule has 0 spiro atoms. The van der Waals surface area contributed by atoms with Crippen molar-refractivity contribution in [2.24, 2.45) is 5.73 Å². The quantitative estimate of drug-likeness (QED) is 0.855. The van der Waals surface area contributed by atoms with Crippen LogP contribution in [0.25, 0.3) is 11.0 Å². The van der Waals surface area contributed by atoms with Crippen molar-refractivity contribution < 1.29 is 9.21 Å². The van der Waals surface area contributed by atoms with E-state index < -0.39 is 5.91 Å². The Morgan fingerprint density at radius 1 is 1.43 bits per heavy atom. The first-order valence-corrected chi connectivity index (χ1v) is 7.07. The molecular formula is C15H16BN3O2. The number of hydrogen-bond donors (Lipinski definition) is 1. The summed E-state index contributed by atoms with van der Waals surface area (Å²) in [7, 11) is 0. The number of benzene rings is 1. The van der Waals surface area contributed by atoms with Gasteiger partial charge in [-0.3, -0.25) is 4.79 Å². The van der Waals surface area contributed by atoms with E-state index in [4.69, 9.17) is 15.4 Å². The Morgan fingerprint density at radius 3 is 2.76 bits per heavy atom. The average Bonchev–Trinajstić information content (AvgIpc) is 2.87. The van der Waals surface area contributed by atoms with Crippen LogP contribution in [0.15, 0.2) is 22.6 Å². The smallest absolute Gasteiger partial charge is 0.271 e. The van der Waals surface area contributed by atoms with E-state index in [2.05, 4.69) is 10.9 Å². The second kappa shape index (κ2) is 5.17. The molecule has 0 atom stereocenters. The van der Waals surface area contributed by atoms with Crippen LogP contribution in [0.4, 0.5) is 5.69 Å². The zero-order chi connectivity index (χ0) is 15.0. The molecule has 2 heterocycles. The number of nitrogens with two attached hydrogens (primary N) is 1. The minimum Gasteiger partial charge on any atom is -0.460 e. The van der Waals surface area contributed by atoms with Crippen LogP contribution in [-0.2, 0) is 0 Å². The fraction of sp³-hybridized carbons (Fsp3) is 0.333. The van der Waals surface area contributed by atoms with E-state index in [0.29, 0.717) is 11.1 Å². The van der Waals surface area contributed by atoms with Crippen molar-refractivity contribution in [3.63, 3.8) is 0 Å². The van der Waals surface area contributed by atoms with Crippen molar-refractivity contribution in [2.45, 2.75) is 19.6 Å². The molecule has 21 heavy (non-hydrogen) atoms. The van der Waals surface area contributed by atoms with E-state index in [1.54, 1.807) is 6.07 Å². The van der Waals surface area contributed by atoms with E-state index >= 15 is 0 Å². The molecule has 5 nitrogen and oxygen atoms in total. The van der Waals surface area contributed by atoms with Gasteiger partial charge >= 0.3 is 0 Å². The van der Waals surface area contributed by atoms with Gasteiger partial charge in [0.05, 0.1) is 5.56 Å². The van der Waals surface area contributed by atoms with Crippen molar-refractivity contribution in [3.05, 3.63) is 29.5 Å². The van der Waals surface area contributed by atoms with Gasteiger partial charge in [0.2, 0.25) is 0 Å². The molecule has 1 aromatic carbocycles. The third-order valence-corrected chi connectivity index (χ3v) is 4.07. The standard InChI is InChI=1S/C15H16BN3O2/c1-10-8-12-13(19-6-4-16(9-17)5-7-19)3-2-11(15(18)20)14(12)21-10/h2-3,8H,4-7H2,1H3,(H2,18,20). The highest BCUT2D eigenvalue weighted by Gasteiger charge is 2.25. The van der Waals surface area contributed by atoms with Crippen LogP contribution in [-0.4, -0.2) is 25.7 Å². The summed E-state index contributed by atoms with van der Waals surface area (Å²) in [6.45, 7) is 3.69. The van der Waals surface area contributed by atoms with Gasteiger partial charge in [-0.15, -0.1) is 0 Å². The number of carbonyl (C=O) groups excluding carboxylic acids is 1. The minimum atomic E-state index is -0.482. The molecule has 1 saturated heterocycles. The summed E-state index contributed by atoms with van der Waals surface area (Å²) in [6.07, 6.45) is 1.73. The lowest BCUT2D eigenvalue weighted by Gasteiger charge is -2.30. The number of hydrogen-bond acceptors (Lipinski definition) is 4. The summed E-state index contributed by atoms with van der Waals surface area (Å²) < 4.78 is 5.65. The minimum absolute atomic E-state index is 0.146. The van der Waals surface area contributed by atoms with Crippen molar-refractivity contribution in [1.82, 2.24) is 0 Å². The zero-order valence-electron chi connectivity index (χ0n) is 11.9. The number of carbonyl (C=O) groups is 1. The third-order valence-electron chi connectivity index (χ3n) is 4.07. The van der Waals surface area contributed by atoms with Crippen LogP contribution in [0.5, 0.6) is 0 Å². The van der Waals surface area contributed by atoms with Crippen LogP contribution >= 0.6 is 0 Å². The van der Waals surface area contributed by atoms with E-state index in [-0.39, 0.29) is 6.71 Å². The van der Waals surface area contributed by atoms with Crippen molar-refractivity contribution in [2.75, 3.05) is 18.0 Å². The summed E-state index contributed by atoms with van der Waals surface area (Å²) in [6, 6.07) is 5.58. The number of nitriles is 1. The second-order valence-electron chi connectivity index (χ2n) is 5.49. The number of aryl methyl sites for hydroxylation is 1. The number of anilines is 1. The number of fused-ring (bicyclic) bond motifs is 1. The summed E-state index contributed by atoms with van der Waals surface area (Å²) in [5.74, 6) is 2.61. The highest BCUT2D eigenvalue weighted by molar-refractivity contribution is 6.67. The molecule has 1 aromatic heterocycles. The predicted octanol–water partition coefficient (Wildman–Crippen LogP) is 2.22. The molecule has 6 heteroatoms. The molecule has 0 bridgehead atoms. The Kier molecular flexibility index (Phi) is 3.34. The Labute approximate surface area is 123 Å². The van der Waals surface area contributed by atoms with Crippen LogP contribution in [0, 0.1) is 18.2 Å².